The van der Waals surface area contributed by atoms with Crippen LogP contribution in [0.15, 0.2) is 42.5 Å². The fourth-order valence-corrected chi connectivity index (χ4v) is 5.00. The number of allylic oxidation sites excluding steroid dienone is 2. The lowest BCUT2D eigenvalue weighted by molar-refractivity contribution is 0.112. The summed E-state index contributed by atoms with van der Waals surface area (Å²) in [6, 6.07) is 10.6. The fraction of sp³-hybridized carbons (Fsp3) is 0.316. The van der Waals surface area contributed by atoms with Crippen molar-refractivity contribution in [3.05, 3.63) is 59.2 Å². The molecule has 20 heavy (non-hydrogen) atoms. The summed E-state index contributed by atoms with van der Waals surface area (Å²) in [5, 5.41) is 2.43. The summed E-state index contributed by atoms with van der Waals surface area (Å²) in [6.45, 7) is 0. The molecule has 0 saturated heterocycles. The highest BCUT2D eigenvalue weighted by molar-refractivity contribution is 6.00. The molecule has 0 radical (unpaired) electrons. The van der Waals surface area contributed by atoms with E-state index in [0.717, 1.165) is 40.9 Å². The fourth-order valence-electron chi connectivity index (χ4n) is 5.00. The summed E-state index contributed by atoms with van der Waals surface area (Å²) in [5.74, 6) is 3.11. The lowest BCUT2D eigenvalue weighted by Gasteiger charge is -2.20. The maximum absolute atomic E-state index is 11.2. The minimum atomic E-state index is 0.740. The van der Waals surface area contributed by atoms with E-state index < -0.39 is 0 Å². The molecule has 2 bridgehead atoms. The first-order chi connectivity index (χ1) is 9.86. The van der Waals surface area contributed by atoms with Gasteiger partial charge in [0.15, 0.2) is 6.29 Å². The van der Waals surface area contributed by atoms with Gasteiger partial charge in [-0.1, -0.05) is 42.5 Å². The van der Waals surface area contributed by atoms with Crippen molar-refractivity contribution >= 4 is 17.1 Å². The van der Waals surface area contributed by atoms with Crippen LogP contribution in [0.2, 0.25) is 0 Å². The molecule has 2 aromatic carbocycles. The van der Waals surface area contributed by atoms with E-state index in [1.807, 2.05) is 12.1 Å². The van der Waals surface area contributed by atoms with Crippen LogP contribution in [0, 0.1) is 17.8 Å². The molecule has 98 valence electrons. The normalized spacial score (nSPS) is 32.6. The second-order valence-corrected chi connectivity index (χ2v) is 6.54. The standard InChI is InChI=1S/C19H16O/c20-10-13-2-1-3-15-14(13)6-7-16-18(15)9-17-11-4-5-12(8-11)19(16)17/h1-7,10-12,17,19H,8-9H2. The van der Waals surface area contributed by atoms with Gasteiger partial charge in [0.05, 0.1) is 0 Å². The minimum absolute atomic E-state index is 0.740. The predicted octanol–water partition coefficient (Wildman–Crippen LogP) is 4.11. The third-order valence-electron chi connectivity index (χ3n) is 5.79. The Kier molecular flexibility index (Phi) is 1.95. The number of carbonyl (C=O) groups excluding carboxylic acids is 1. The van der Waals surface area contributed by atoms with Gasteiger partial charge in [-0.05, 0) is 58.4 Å². The van der Waals surface area contributed by atoms with E-state index in [9.17, 15) is 4.79 Å². The molecule has 0 aliphatic heterocycles. The third-order valence-corrected chi connectivity index (χ3v) is 5.79. The Morgan fingerprint density at radius 1 is 1.00 bits per heavy atom. The number of benzene rings is 2. The van der Waals surface area contributed by atoms with Crippen molar-refractivity contribution in [1.82, 2.24) is 0 Å². The molecular formula is C19H16O. The molecule has 3 aliphatic rings. The van der Waals surface area contributed by atoms with Gasteiger partial charge in [-0.15, -0.1) is 0 Å². The molecule has 0 heterocycles. The van der Waals surface area contributed by atoms with Gasteiger partial charge in [-0.3, -0.25) is 4.79 Å². The van der Waals surface area contributed by atoms with E-state index in [0.29, 0.717) is 0 Å². The van der Waals surface area contributed by atoms with Crippen LogP contribution in [0.4, 0.5) is 0 Å². The van der Waals surface area contributed by atoms with E-state index in [2.05, 4.69) is 30.4 Å². The first-order valence-corrected chi connectivity index (χ1v) is 7.55. The number of carbonyl (C=O) groups is 1. The molecule has 0 amide bonds. The van der Waals surface area contributed by atoms with Gasteiger partial charge in [0.1, 0.15) is 0 Å². The highest BCUT2D eigenvalue weighted by Gasteiger charge is 2.49. The quantitative estimate of drug-likeness (QED) is 0.557. The maximum atomic E-state index is 11.2. The first-order valence-electron chi connectivity index (χ1n) is 7.55. The maximum Gasteiger partial charge on any atom is 0.150 e. The molecule has 4 atom stereocenters. The predicted molar refractivity (Wildman–Crippen MR) is 80.0 cm³/mol. The number of hydrogen-bond donors (Lipinski definition) is 0. The largest absolute Gasteiger partial charge is 0.298 e. The Morgan fingerprint density at radius 2 is 1.90 bits per heavy atom. The van der Waals surface area contributed by atoms with E-state index in [4.69, 9.17) is 0 Å². The smallest absolute Gasteiger partial charge is 0.150 e. The van der Waals surface area contributed by atoms with Crippen molar-refractivity contribution in [2.45, 2.75) is 18.8 Å². The third kappa shape index (κ3) is 1.17. The van der Waals surface area contributed by atoms with Crippen molar-refractivity contribution in [1.29, 1.82) is 0 Å². The van der Waals surface area contributed by atoms with Crippen LogP contribution in [0.5, 0.6) is 0 Å². The van der Waals surface area contributed by atoms with Crippen LogP contribution >= 0.6 is 0 Å². The zero-order valence-electron chi connectivity index (χ0n) is 11.3. The highest BCUT2D eigenvalue weighted by Crippen LogP contribution is 2.59. The van der Waals surface area contributed by atoms with Gasteiger partial charge in [0.2, 0.25) is 0 Å². The average molecular weight is 260 g/mol. The van der Waals surface area contributed by atoms with Crippen LogP contribution in [0.25, 0.3) is 10.8 Å². The highest BCUT2D eigenvalue weighted by atomic mass is 16.1. The lowest BCUT2D eigenvalue weighted by Crippen LogP contribution is -2.12. The number of aldehydes is 1. The summed E-state index contributed by atoms with van der Waals surface area (Å²) >= 11 is 0. The van der Waals surface area contributed by atoms with Crippen molar-refractivity contribution in [2.24, 2.45) is 17.8 Å². The topological polar surface area (TPSA) is 17.1 Å². The minimum Gasteiger partial charge on any atom is -0.298 e. The molecule has 1 fully saturated rings. The van der Waals surface area contributed by atoms with E-state index in [-0.39, 0.29) is 0 Å². The van der Waals surface area contributed by atoms with Crippen LogP contribution in [0.1, 0.15) is 33.8 Å². The number of hydrogen-bond acceptors (Lipinski definition) is 1. The molecule has 1 saturated carbocycles. The zero-order chi connectivity index (χ0) is 13.3. The van der Waals surface area contributed by atoms with Crippen LogP contribution in [0.3, 0.4) is 0 Å². The Hall–Kier alpha value is -1.89. The van der Waals surface area contributed by atoms with Crippen LogP contribution < -0.4 is 0 Å². The summed E-state index contributed by atoms with van der Waals surface area (Å²) < 4.78 is 0. The lowest BCUT2D eigenvalue weighted by atomic mass is 9.83. The van der Waals surface area contributed by atoms with E-state index >= 15 is 0 Å². The molecule has 5 rings (SSSR count). The van der Waals surface area contributed by atoms with Gasteiger partial charge >= 0.3 is 0 Å². The second-order valence-electron chi connectivity index (χ2n) is 6.54. The average Bonchev–Trinajstić information content (AvgIpc) is 3.17. The summed E-state index contributed by atoms with van der Waals surface area (Å²) in [7, 11) is 0. The van der Waals surface area contributed by atoms with Crippen LogP contribution in [-0.2, 0) is 6.42 Å². The number of rotatable bonds is 1. The zero-order valence-corrected chi connectivity index (χ0v) is 11.3. The number of fused-ring (bicyclic) bond motifs is 9. The summed E-state index contributed by atoms with van der Waals surface area (Å²) in [4.78, 5) is 11.2. The molecule has 4 unspecified atom stereocenters. The van der Waals surface area contributed by atoms with E-state index in [1.54, 1.807) is 5.56 Å². The SMILES string of the molecule is O=Cc1cccc2c3c(ccc12)C1C2C=CC(C2)C1C3. The molecule has 3 aliphatic carbocycles. The Bertz CT molecular complexity index is 771. The van der Waals surface area contributed by atoms with Gasteiger partial charge in [0.25, 0.3) is 0 Å². The van der Waals surface area contributed by atoms with Gasteiger partial charge in [-0.2, -0.15) is 0 Å². The molecule has 1 heteroatoms. The molecule has 0 N–H and O–H groups in total. The van der Waals surface area contributed by atoms with Crippen molar-refractivity contribution < 1.29 is 4.79 Å². The first kappa shape index (κ1) is 10.8. The van der Waals surface area contributed by atoms with E-state index in [1.165, 1.54) is 23.8 Å². The summed E-state index contributed by atoms with van der Waals surface area (Å²) in [5.41, 5.74) is 3.89. The molecule has 0 aromatic heterocycles. The molecule has 0 spiro atoms. The monoisotopic (exact) mass is 260 g/mol. The Morgan fingerprint density at radius 3 is 2.80 bits per heavy atom. The van der Waals surface area contributed by atoms with Crippen molar-refractivity contribution in [2.75, 3.05) is 0 Å². The van der Waals surface area contributed by atoms with Crippen molar-refractivity contribution in [3.63, 3.8) is 0 Å². The Labute approximate surface area is 118 Å². The molecular weight excluding hydrogens is 244 g/mol. The van der Waals surface area contributed by atoms with Crippen LogP contribution in [-0.4, -0.2) is 6.29 Å². The molecule has 2 aromatic rings. The van der Waals surface area contributed by atoms with Gasteiger partial charge in [-0.25, -0.2) is 0 Å². The molecule has 1 nitrogen and oxygen atoms in total. The Balaban J connectivity index is 1.77. The summed E-state index contributed by atoms with van der Waals surface area (Å²) in [6.07, 6.45) is 8.42. The van der Waals surface area contributed by atoms with Gasteiger partial charge in [0, 0.05) is 5.56 Å². The van der Waals surface area contributed by atoms with Crippen molar-refractivity contribution in [3.8, 4) is 0 Å². The second kappa shape index (κ2) is 3.60. The van der Waals surface area contributed by atoms with Gasteiger partial charge < -0.3 is 0 Å².